The normalized spacial score (nSPS) is 18.3. The maximum Gasteiger partial charge on any atom is 0.227 e. The molecule has 0 aliphatic carbocycles. The Labute approximate surface area is 131 Å². The number of amides is 2. The summed E-state index contributed by atoms with van der Waals surface area (Å²) in [6.07, 6.45) is 5.89. The van der Waals surface area contributed by atoms with E-state index in [2.05, 4.69) is 31.2 Å². The lowest BCUT2D eigenvalue weighted by atomic mass is 10.1. The third-order valence-electron chi connectivity index (χ3n) is 3.81. The zero-order valence-electron chi connectivity index (χ0n) is 13.7. The number of unbranched alkanes of at least 4 members (excludes halogenated alkanes) is 1. The fourth-order valence-corrected chi connectivity index (χ4v) is 2.63. The van der Waals surface area contributed by atoms with Crippen molar-refractivity contribution in [1.82, 2.24) is 15.1 Å². The lowest BCUT2D eigenvalue weighted by Gasteiger charge is -2.14. The minimum atomic E-state index is -0.252. The molecule has 0 radical (unpaired) electrons. The van der Waals surface area contributed by atoms with E-state index in [-0.39, 0.29) is 24.2 Å². The van der Waals surface area contributed by atoms with Crippen molar-refractivity contribution in [3.05, 3.63) is 12.4 Å². The molecule has 1 saturated heterocycles. The lowest BCUT2D eigenvalue weighted by Crippen LogP contribution is -2.33. The maximum atomic E-state index is 12.2. The zero-order valence-corrected chi connectivity index (χ0v) is 13.7. The van der Waals surface area contributed by atoms with Crippen molar-refractivity contribution >= 4 is 17.5 Å². The standard InChI is InChI=1S/C16H26N4O2/c1-4-5-6-17-16(22)13-7-15(21)20(10-13)14-8-18-19(11-14)9-12(2)3/h8,11-13H,4-7,9-10H2,1-3H3,(H,17,22)/t13-/m0/s1. The molecule has 1 aromatic heterocycles. The van der Waals surface area contributed by atoms with Gasteiger partial charge >= 0.3 is 0 Å². The number of nitrogens with zero attached hydrogens (tertiary/aromatic N) is 3. The van der Waals surface area contributed by atoms with E-state index in [1.807, 2.05) is 10.9 Å². The summed E-state index contributed by atoms with van der Waals surface area (Å²) in [6.45, 7) is 8.29. The molecule has 0 unspecified atom stereocenters. The first kappa shape index (κ1) is 16.5. The van der Waals surface area contributed by atoms with Crippen LogP contribution in [-0.4, -0.2) is 34.7 Å². The topological polar surface area (TPSA) is 67.2 Å². The molecule has 6 heteroatoms. The molecule has 2 amide bonds. The van der Waals surface area contributed by atoms with Gasteiger partial charge in [0.25, 0.3) is 0 Å². The number of anilines is 1. The number of carbonyl (C=O) groups excluding carboxylic acids is 2. The van der Waals surface area contributed by atoms with Gasteiger partial charge in [-0.15, -0.1) is 0 Å². The van der Waals surface area contributed by atoms with E-state index in [4.69, 9.17) is 0 Å². The van der Waals surface area contributed by atoms with Gasteiger partial charge in [0, 0.05) is 32.3 Å². The van der Waals surface area contributed by atoms with E-state index in [1.165, 1.54) is 0 Å². The summed E-state index contributed by atoms with van der Waals surface area (Å²) in [5.74, 6) is 0.232. The van der Waals surface area contributed by atoms with Crippen molar-refractivity contribution in [3.63, 3.8) is 0 Å². The molecule has 2 rings (SSSR count). The molecule has 0 spiro atoms. The smallest absolute Gasteiger partial charge is 0.227 e. The van der Waals surface area contributed by atoms with Gasteiger partial charge in [-0.3, -0.25) is 14.3 Å². The molecule has 22 heavy (non-hydrogen) atoms. The molecular formula is C16H26N4O2. The van der Waals surface area contributed by atoms with Crippen LogP contribution >= 0.6 is 0 Å². The summed E-state index contributed by atoms with van der Waals surface area (Å²) in [7, 11) is 0. The summed E-state index contributed by atoms with van der Waals surface area (Å²) < 4.78 is 1.85. The quantitative estimate of drug-likeness (QED) is 0.781. The van der Waals surface area contributed by atoms with Crippen LogP contribution in [0.15, 0.2) is 12.4 Å². The summed E-state index contributed by atoms with van der Waals surface area (Å²) in [5.41, 5.74) is 0.787. The maximum absolute atomic E-state index is 12.2. The predicted octanol–water partition coefficient (Wildman–Crippen LogP) is 1.81. The molecule has 0 saturated carbocycles. The molecule has 1 fully saturated rings. The Balaban J connectivity index is 1.94. The SMILES string of the molecule is CCCCNC(=O)[C@H]1CC(=O)N(c2cnn(CC(C)C)c2)C1. The number of hydrogen-bond acceptors (Lipinski definition) is 3. The molecule has 1 atom stereocenters. The molecule has 1 aliphatic heterocycles. The molecular weight excluding hydrogens is 280 g/mol. The number of carbonyl (C=O) groups is 2. The van der Waals surface area contributed by atoms with Crippen molar-refractivity contribution in [2.24, 2.45) is 11.8 Å². The van der Waals surface area contributed by atoms with Crippen molar-refractivity contribution in [1.29, 1.82) is 0 Å². The van der Waals surface area contributed by atoms with E-state index >= 15 is 0 Å². The Morgan fingerprint density at radius 2 is 2.27 bits per heavy atom. The van der Waals surface area contributed by atoms with E-state index in [0.717, 1.165) is 25.1 Å². The van der Waals surface area contributed by atoms with Crippen LogP contribution in [0.5, 0.6) is 0 Å². The second kappa shape index (κ2) is 7.42. The third-order valence-corrected chi connectivity index (χ3v) is 3.81. The van der Waals surface area contributed by atoms with Crippen LogP contribution in [0.2, 0.25) is 0 Å². The van der Waals surface area contributed by atoms with Crippen LogP contribution in [0.4, 0.5) is 5.69 Å². The summed E-state index contributed by atoms with van der Waals surface area (Å²) in [6, 6.07) is 0. The number of hydrogen-bond donors (Lipinski definition) is 1. The van der Waals surface area contributed by atoms with Gasteiger partial charge in [-0.25, -0.2) is 0 Å². The highest BCUT2D eigenvalue weighted by molar-refractivity contribution is 6.00. The number of aromatic nitrogens is 2. The highest BCUT2D eigenvalue weighted by Crippen LogP contribution is 2.25. The largest absolute Gasteiger partial charge is 0.356 e. The average Bonchev–Trinajstić information content (AvgIpc) is 3.05. The Morgan fingerprint density at radius 1 is 1.50 bits per heavy atom. The zero-order chi connectivity index (χ0) is 16.1. The fourth-order valence-electron chi connectivity index (χ4n) is 2.63. The molecule has 1 aliphatic rings. The molecule has 1 N–H and O–H groups in total. The van der Waals surface area contributed by atoms with Gasteiger partial charge in [0.2, 0.25) is 11.8 Å². The van der Waals surface area contributed by atoms with Crippen LogP contribution < -0.4 is 10.2 Å². The number of nitrogens with one attached hydrogen (secondary N) is 1. The molecule has 2 heterocycles. The van der Waals surface area contributed by atoms with E-state index < -0.39 is 0 Å². The first-order valence-corrected chi connectivity index (χ1v) is 8.11. The molecule has 0 bridgehead atoms. The Bertz CT molecular complexity index is 524. The van der Waals surface area contributed by atoms with Crippen molar-refractivity contribution in [3.8, 4) is 0 Å². The number of rotatable bonds is 7. The second-order valence-electron chi connectivity index (χ2n) is 6.36. The molecule has 0 aromatic carbocycles. The van der Waals surface area contributed by atoms with Crippen LogP contribution in [0.3, 0.4) is 0 Å². The van der Waals surface area contributed by atoms with Gasteiger partial charge in [0.15, 0.2) is 0 Å². The third kappa shape index (κ3) is 4.08. The van der Waals surface area contributed by atoms with E-state index in [9.17, 15) is 9.59 Å². The fraction of sp³-hybridized carbons (Fsp3) is 0.688. The highest BCUT2D eigenvalue weighted by Gasteiger charge is 2.35. The molecule has 6 nitrogen and oxygen atoms in total. The Hall–Kier alpha value is -1.85. The monoisotopic (exact) mass is 306 g/mol. The van der Waals surface area contributed by atoms with Crippen LogP contribution in [0, 0.1) is 11.8 Å². The van der Waals surface area contributed by atoms with Gasteiger partial charge < -0.3 is 10.2 Å². The first-order valence-electron chi connectivity index (χ1n) is 8.11. The minimum absolute atomic E-state index is 0.000242. The van der Waals surface area contributed by atoms with E-state index in [0.29, 0.717) is 19.0 Å². The van der Waals surface area contributed by atoms with Crippen molar-refractivity contribution < 1.29 is 9.59 Å². The van der Waals surface area contributed by atoms with Crippen LogP contribution in [0.1, 0.15) is 40.0 Å². The average molecular weight is 306 g/mol. The summed E-state index contributed by atoms with van der Waals surface area (Å²) >= 11 is 0. The lowest BCUT2D eigenvalue weighted by molar-refractivity contribution is -0.126. The van der Waals surface area contributed by atoms with Crippen LogP contribution in [-0.2, 0) is 16.1 Å². The van der Waals surface area contributed by atoms with Gasteiger partial charge in [-0.05, 0) is 12.3 Å². The Kier molecular flexibility index (Phi) is 5.57. The van der Waals surface area contributed by atoms with Gasteiger partial charge in [0.1, 0.15) is 0 Å². The van der Waals surface area contributed by atoms with Gasteiger partial charge in [-0.2, -0.15) is 5.10 Å². The summed E-state index contributed by atoms with van der Waals surface area (Å²) in [4.78, 5) is 25.9. The first-order chi connectivity index (χ1) is 10.5. The van der Waals surface area contributed by atoms with Gasteiger partial charge in [0.05, 0.1) is 17.8 Å². The van der Waals surface area contributed by atoms with Crippen molar-refractivity contribution in [2.45, 2.75) is 46.6 Å². The predicted molar refractivity (Wildman–Crippen MR) is 85.4 cm³/mol. The van der Waals surface area contributed by atoms with Crippen molar-refractivity contribution in [2.75, 3.05) is 18.0 Å². The highest BCUT2D eigenvalue weighted by atomic mass is 16.2. The Morgan fingerprint density at radius 3 is 2.95 bits per heavy atom. The molecule has 1 aromatic rings. The van der Waals surface area contributed by atoms with E-state index in [1.54, 1.807) is 11.1 Å². The minimum Gasteiger partial charge on any atom is -0.356 e. The second-order valence-corrected chi connectivity index (χ2v) is 6.36. The van der Waals surface area contributed by atoms with Gasteiger partial charge in [-0.1, -0.05) is 27.2 Å². The molecule has 122 valence electrons. The summed E-state index contributed by atoms with van der Waals surface area (Å²) in [5, 5.41) is 7.20. The van der Waals surface area contributed by atoms with Crippen LogP contribution in [0.25, 0.3) is 0 Å².